The Balaban J connectivity index is 1.42. The van der Waals surface area contributed by atoms with Gasteiger partial charge in [-0.15, -0.1) is 0 Å². The maximum absolute atomic E-state index is 12.9. The lowest BCUT2D eigenvalue weighted by atomic mass is 10.1. The number of hydrogen-bond acceptors (Lipinski definition) is 16. The number of anilines is 1. The van der Waals surface area contributed by atoms with E-state index in [2.05, 4.69) is 83.9 Å². The molecule has 19 nitrogen and oxygen atoms in total. The molecule has 0 radical (unpaired) electrons. The maximum atomic E-state index is 12.9. The van der Waals surface area contributed by atoms with Crippen molar-refractivity contribution in [2.24, 2.45) is 0 Å². The van der Waals surface area contributed by atoms with Gasteiger partial charge in [-0.25, -0.2) is 13.9 Å². The van der Waals surface area contributed by atoms with Gasteiger partial charge in [0.1, 0.15) is 30.7 Å². The third kappa shape index (κ3) is 27.7. The van der Waals surface area contributed by atoms with Gasteiger partial charge in [-0.05, 0) is 89.5 Å². The first-order chi connectivity index (χ1) is 34.1. The molecule has 2 aliphatic heterocycles. The quantitative estimate of drug-likeness (QED) is 0.0135. The van der Waals surface area contributed by atoms with E-state index in [1.165, 1.54) is 25.3 Å². The van der Waals surface area contributed by atoms with E-state index in [0.29, 0.717) is 25.4 Å². The number of phosphoric acid groups is 2. The van der Waals surface area contributed by atoms with E-state index in [1.807, 2.05) is 12.2 Å². The highest BCUT2D eigenvalue weighted by Gasteiger charge is 2.46. The Morgan fingerprint density at radius 2 is 1.27 bits per heavy atom. The first-order valence-corrected chi connectivity index (χ1v) is 28.1. The number of epoxide rings is 1. The van der Waals surface area contributed by atoms with Crippen molar-refractivity contribution in [1.29, 1.82) is 0 Å². The fraction of sp³-hybridized carbons (Fsp3) is 0.640. The Hall–Kier alpha value is -3.84. The average Bonchev–Trinajstić information content (AvgIpc) is 4.02. The monoisotopic (exact) mass is 1040 g/mol. The van der Waals surface area contributed by atoms with Gasteiger partial charge in [0, 0.05) is 19.0 Å². The number of unbranched alkanes of at least 4 members (excludes halogenated alkanes) is 9. The van der Waals surface area contributed by atoms with E-state index in [-0.39, 0.29) is 24.8 Å². The van der Waals surface area contributed by atoms with Crippen molar-refractivity contribution < 1.29 is 71.0 Å². The molecule has 0 bridgehead atoms. The van der Waals surface area contributed by atoms with Crippen molar-refractivity contribution >= 4 is 33.4 Å². The van der Waals surface area contributed by atoms with E-state index in [9.17, 15) is 43.5 Å². The predicted molar refractivity (Wildman–Crippen MR) is 270 cm³/mol. The van der Waals surface area contributed by atoms with Crippen LogP contribution in [-0.4, -0.2) is 97.9 Å². The van der Waals surface area contributed by atoms with Crippen LogP contribution in [0, 0.1) is 0 Å². The number of ether oxygens (including phenoxy) is 4. The molecule has 1 aromatic rings. The zero-order chi connectivity index (χ0) is 51.7. The van der Waals surface area contributed by atoms with Gasteiger partial charge in [0.25, 0.3) is 0 Å². The summed E-state index contributed by atoms with van der Waals surface area (Å²) in [5.41, 5.74) is 4.58. The SMILES string of the molecule is CC/C=C\C/C=C\C/C=C\CCCCCCCC(=O)O[C@H](COC(=O)CCC/C=C\C/C=C\CC1OC1C/C=C\CCCCC)COP(=O)(O)OP(=O)(O)OC[C@H]1O[C@@H](n2ccc(N)nc2=O)[C@H](O)[C@@H]1O. The summed E-state index contributed by atoms with van der Waals surface area (Å²) in [6.45, 7) is 1.92. The lowest BCUT2D eigenvalue weighted by molar-refractivity contribution is -0.161. The van der Waals surface area contributed by atoms with Crippen molar-refractivity contribution in [2.75, 3.05) is 25.6 Å². The van der Waals surface area contributed by atoms with E-state index >= 15 is 0 Å². The van der Waals surface area contributed by atoms with Crippen molar-refractivity contribution in [3.05, 3.63) is 95.7 Å². The van der Waals surface area contributed by atoms with Crippen LogP contribution < -0.4 is 11.4 Å². The fourth-order valence-corrected chi connectivity index (χ4v) is 9.29. The van der Waals surface area contributed by atoms with Crippen LogP contribution in [0.25, 0.3) is 0 Å². The van der Waals surface area contributed by atoms with Crippen LogP contribution in [0.2, 0.25) is 0 Å². The molecule has 1 aromatic heterocycles. The molecule has 400 valence electrons. The molecular formula is C50H79N3O16P2. The zero-order valence-corrected chi connectivity index (χ0v) is 43.2. The molecule has 0 aliphatic carbocycles. The van der Waals surface area contributed by atoms with Gasteiger partial charge in [-0.2, -0.15) is 9.29 Å². The second-order valence-corrected chi connectivity index (χ2v) is 20.4. The molecule has 0 spiro atoms. The van der Waals surface area contributed by atoms with Crippen LogP contribution in [0.4, 0.5) is 5.82 Å². The summed E-state index contributed by atoms with van der Waals surface area (Å²) in [4.78, 5) is 61.9. The molecule has 3 heterocycles. The minimum atomic E-state index is -5.44. The van der Waals surface area contributed by atoms with Crippen molar-refractivity contribution in [3.8, 4) is 0 Å². The summed E-state index contributed by atoms with van der Waals surface area (Å²) in [7, 11) is -10.9. The number of carbonyl (C=O) groups is 2. The summed E-state index contributed by atoms with van der Waals surface area (Å²) in [5.74, 6) is -1.40. The van der Waals surface area contributed by atoms with E-state index < -0.39 is 83.7 Å². The zero-order valence-electron chi connectivity index (χ0n) is 41.4. The predicted octanol–water partition coefficient (Wildman–Crippen LogP) is 9.10. The normalized spacial score (nSPS) is 22.6. The number of hydrogen-bond donors (Lipinski definition) is 5. The fourth-order valence-electron chi connectivity index (χ4n) is 7.18. The van der Waals surface area contributed by atoms with Crippen LogP contribution in [0.15, 0.2) is 90.0 Å². The number of rotatable bonds is 39. The highest BCUT2D eigenvalue weighted by atomic mass is 31.3. The summed E-state index contributed by atoms with van der Waals surface area (Å²) >= 11 is 0. The number of aromatic nitrogens is 2. The highest BCUT2D eigenvalue weighted by molar-refractivity contribution is 7.61. The van der Waals surface area contributed by atoms with Gasteiger partial charge < -0.3 is 44.7 Å². The number of nitrogen functional groups attached to an aromatic ring is 1. The van der Waals surface area contributed by atoms with Crippen LogP contribution in [-0.2, 0) is 51.0 Å². The van der Waals surface area contributed by atoms with Gasteiger partial charge in [0.15, 0.2) is 12.3 Å². The molecule has 0 aromatic carbocycles. The molecule has 0 amide bonds. The molecule has 71 heavy (non-hydrogen) atoms. The number of aliphatic hydroxyl groups is 2. The second kappa shape index (κ2) is 35.3. The van der Waals surface area contributed by atoms with Crippen molar-refractivity contribution in [2.45, 2.75) is 185 Å². The van der Waals surface area contributed by atoms with Gasteiger partial charge in [-0.3, -0.25) is 23.2 Å². The van der Waals surface area contributed by atoms with Crippen LogP contribution in [0.3, 0.4) is 0 Å². The van der Waals surface area contributed by atoms with Crippen LogP contribution in [0.5, 0.6) is 0 Å². The summed E-state index contributed by atoms with van der Waals surface area (Å²) in [5, 5.41) is 20.9. The molecule has 2 aliphatic rings. The molecule has 4 unspecified atom stereocenters. The Morgan fingerprint density at radius 3 is 1.94 bits per heavy atom. The minimum absolute atomic E-state index is 0.0124. The Morgan fingerprint density at radius 1 is 0.704 bits per heavy atom. The second-order valence-electron chi connectivity index (χ2n) is 17.3. The number of phosphoric ester groups is 2. The first-order valence-electron chi connectivity index (χ1n) is 25.1. The van der Waals surface area contributed by atoms with Crippen molar-refractivity contribution in [1.82, 2.24) is 9.55 Å². The molecule has 3 rings (SSSR count). The number of carbonyl (C=O) groups excluding carboxylic acids is 2. The third-order valence-electron chi connectivity index (χ3n) is 11.2. The largest absolute Gasteiger partial charge is 0.481 e. The molecule has 2 saturated heterocycles. The number of nitrogens with zero attached hydrogens (tertiary/aromatic N) is 2. The van der Waals surface area contributed by atoms with Gasteiger partial charge in [0.05, 0.1) is 25.4 Å². The molecule has 6 N–H and O–H groups in total. The minimum Gasteiger partial charge on any atom is -0.462 e. The van der Waals surface area contributed by atoms with Gasteiger partial charge in [-0.1, -0.05) is 119 Å². The summed E-state index contributed by atoms with van der Waals surface area (Å²) in [6.07, 6.45) is 35.9. The highest BCUT2D eigenvalue weighted by Crippen LogP contribution is 2.60. The lowest BCUT2D eigenvalue weighted by Gasteiger charge is -2.21. The van der Waals surface area contributed by atoms with Gasteiger partial charge >= 0.3 is 33.3 Å². The van der Waals surface area contributed by atoms with Crippen molar-refractivity contribution in [3.63, 3.8) is 0 Å². The topological polar surface area (TPSA) is 278 Å². The Kier molecular flexibility index (Phi) is 30.6. The first kappa shape index (κ1) is 61.5. The average molecular weight is 1040 g/mol. The Labute approximate surface area is 419 Å². The van der Waals surface area contributed by atoms with E-state index in [4.69, 9.17) is 33.7 Å². The van der Waals surface area contributed by atoms with Gasteiger partial charge in [0.2, 0.25) is 0 Å². The number of allylic oxidation sites excluding steroid dienone is 10. The molecule has 0 saturated carbocycles. The van der Waals surface area contributed by atoms with Crippen LogP contribution >= 0.6 is 15.6 Å². The van der Waals surface area contributed by atoms with E-state index in [1.54, 1.807) is 0 Å². The molecular weight excluding hydrogens is 961 g/mol. The summed E-state index contributed by atoms with van der Waals surface area (Å²) < 4.78 is 62.4. The molecule has 9 atom stereocenters. The smallest absolute Gasteiger partial charge is 0.462 e. The Bertz CT molecular complexity index is 2040. The lowest BCUT2D eigenvalue weighted by Crippen LogP contribution is -2.36. The standard InChI is InChI=1S/C50H79N3O16P2/c1-3-5-7-9-11-12-13-14-15-16-17-18-21-26-30-34-46(55)66-40(37-63-45(54)33-29-25-22-19-20-24-28-32-42-41(67-42)31-27-23-10-8-6-4-2)38-64-70(59,60)69-71(61,62)65-39-43-47(56)48(57)49(68-43)53-36-35-44(51)52-50(53)58/h5,7,11-12,14-15,19,22-24,27-28,35-36,40-43,47-49,56-57H,3-4,6,8-10,13,16-18,20-21,25-26,29-34,37-39H2,1-2H3,(H,59,60)(H,61,62)(H2,51,52,58)/b7-5-,12-11-,15-14-,22-19-,27-23-,28-24-/t40-,41?,42?,43-,47-,48-,49-/m1/s1. The molecule has 2 fully saturated rings. The summed E-state index contributed by atoms with van der Waals surface area (Å²) in [6, 6.07) is 1.24. The number of aliphatic hydroxyl groups excluding tert-OH is 2. The van der Waals surface area contributed by atoms with Crippen LogP contribution in [0.1, 0.15) is 148 Å². The number of esters is 2. The molecule has 21 heteroatoms. The van der Waals surface area contributed by atoms with E-state index in [0.717, 1.165) is 87.8 Å². The number of nitrogens with two attached hydrogens (primary N) is 1. The third-order valence-corrected chi connectivity index (χ3v) is 13.8. The maximum Gasteiger partial charge on any atom is 0.481 e.